The Morgan fingerprint density at radius 1 is 1.53 bits per heavy atom. The fourth-order valence-electron chi connectivity index (χ4n) is 1.12. The summed E-state index contributed by atoms with van der Waals surface area (Å²) in [4.78, 5) is 11.5. The van der Waals surface area contributed by atoms with Crippen LogP contribution in [0.2, 0.25) is 0 Å². The molecule has 7 heteroatoms. The summed E-state index contributed by atoms with van der Waals surface area (Å²) in [6.45, 7) is 6.89. The average molecular weight is 239 g/mol. The van der Waals surface area contributed by atoms with Gasteiger partial charge in [-0.15, -0.1) is 0 Å². The maximum absolute atomic E-state index is 11.5. The molecule has 1 heterocycles. The Morgan fingerprint density at radius 2 is 2.07 bits per heavy atom. The van der Waals surface area contributed by atoms with E-state index in [9.17, 15) is 13.9 Å². The Hall–Kier alpha value is -0.500. The zero-order valence-corrected chi connectivity index (χ0v) is 10.1. The van der Waals surface area contributed by atoms with Crippen molar-refractivity contribution in [2.24, 2.45) is 0 Å². The van der Waals surface area contributed by atoms with E-state index in [1.165, 1.54) is 0 Å². The molecule has 1 rings (SSSR count). The van der Waals surface area contributed by atoms with Gasteiger partial charge < -0.3 is 4.74 Å². The fourth-order valence-corrected chi connectivity index (χ4v) is 2.36. The predicted molar refractivity (Wildman–Crippen MR) is 56.3 cm³/mol. The van der Waals surface area contributed by atoms with Crippen LogP contribution in [-0.4, -0.2) is 37.8 Å². The van der Waals surface area contributed by atoms with Crippen molar-refractivity contribution < 1.29 is 22.8 Å². The second kappa shape index (κ2) is 3.82. The summed E-state index contributed by atoms with van der Waals surface area (Å²) in [7, 11) is 0. The highest BCUT2D eigenvalue weighted by molar-refractivity contribution is 8.18. The van der Waals surface area contributed by atoms with E-state index in [1.54, 1.807) is 27.7 Å². The molecule has 1 amide bonds. The Morgan fingerprint density at radius 3 is 2.40 bits per heavy atom. The highest BCUT2D eigenvalue weighted by Gasteiger charge is 2.43. The molecule has 1 unspecified atom stereocenters. The van der Waals surface area contributed by atoms with E-state index in [1.807, 2.05) is 0 Å². The second-order valence-corrected chi connectivity index (χ2v) is 5.99. The molecule has 1 fully saturated rings. The third-order valence-corrected chi connectivity index (χ3v) is 3.06. The number of ether oxygens (including phenoxy) is 1. The van der Waals surface area contributed by atoms with E-state index >= 15 is 0 Å². The number of amides is 1. The molecule has 1 aliphatic heterocycles. The smallest absolute Gasteiger partial charge is 0.424 e. The second-order valence-electron chi connectivity index (χ2n) is 4.42. The van der Waals surface area contributed by atoms with E-state index in [-0.39, 0.29) is 6.54 Å². The summed E-state index contributed by atoms with van der Waals surface area (Å²) in [6, 6.07) is 0. The van der Waals surface area contributed by atoms with Crippen LogP contribution in [0, 0.1) is 0 Å². The van der Waals surface area contributed by atoms with Gasteiger partial charge in [-0.05, 0) is 27.7 Å². The lowest BCUT2D eigenvalue weighted by Gasteiger charge is -2.31. The molecule has 0 radical (unpaired) electrons. The SMILES string of the molecule is CC1CN(C(=O)OC(C)(C)C)S(O)(O)O1. The summed E-state index contributed by atoms with van der Waals surface area (Å²) in [6.07, 6.45) is -1.17. The van der Waals surface area contributed by atoms with Crippen molar-refractivity contribution in [2.75, 3.05) is 6.54 Å². The molecule has 1 saturated heterocycles. The van der Waals surface area contributed by atoms with Gasteiger partial charge in [0, 0.05) is 0 Å². The van der Waals surface area contributed by atoms with Crippen LogP contribution in [0.25, 0.3) is 0 Å². The average Bonchev–Trinajstić information content (AvgIpc) is 2.20. The lowest BCUT2D eigenvalue weighted by molar-refractivity contribution is 0.0388. The van der Waals surface area contributed by atoms with Crippen LogP contribution in [0.4, 0.5) is 4.79 Å². The van der Waals surface area contributed by atoms with Crippen molar-refractivity contribution in [3.63, 3.8) is 0 Å². The van der Waals surface area contributed by atoms with E-state index in [0.29, 0.717) is 0 Å². The third-order valence-electron chi connectivity index (χ3n) is 1.60. The van der Waals surface area contributed by atoms with Gasteiger partial charge in [0.05, 0.1) is 12.6 Å². The van der Waals surface area contributed by atoms with Gasteiger partial charge in [-0.3, -0.25) is 13.3 Å². The van der Waals surface area contributed by atoms with Crippen molar-refractivity contribution in [1.29, 1.82) is 0 Å². The van der Waals surface area contributed by atoms with Crippen molar-refractivity contribution >= 4 is 17.1 Å². The molecule has 1 atom stereocenters. The minimum atomic E-state index is -3.45. The van der Waals surface area contributed by atoms with E-state index < -0.39 is 28.9 Å². The Kier molecular flexibility index (Phi) is 3.20. The Labute approximate surface area is 90.8 Å². The van der Waals surface area contributed by atoms with Gasteiger partial charge in [0.25, 0.3) is 0 Å². The third kappa shape index (κ3) is 3.23. The predicted octanol–water partition coefficient (Wildman–Crippen LogP) is 2.22. The minimum Gasteiger partial charge on any atom is -0.443 e. The first-order valence-corrected chi connectivity index (χ1v) is 6.02. The molecule has 0 aromatic rings. The van der Waals surface area contributed by atoms with Crippen LogP contribution in [-0.2, 0) is 8.92 Å². The number of hydrogen-bond acceptors (Lipinski definition) is 5. The highest BCUT2D eigenvalue weighted by atomic mass is 32.3. The highest BCUT2D eigenvalue weighted by Crippen LogP contribution is 2.51. The van der Waals surface area contributed by atoms with Crippen LogP contribution < -0.4 is 0 Å². The van der Waals surface area contributed by atoms with Gasteiger partial charge in [0.2, 0.25) is 0 Å². The largest absolute Gasteiger partial charge is 0.443 e. The maximum atomic E-state index is 11.5. The van der Waals surface area contributed by atoms with E-state index in [0.717, 1.165) is 4.31 Å². The maximum Gasteiger partial charge on any atom is 0.424 e. The van der Waals surface area contributed by atoms with Crippen LogP contribution in [0.5, 0.6) is 0 Å². The lowest BCUT2D eigenvalue weighted by Crippen LogP contribution is -2.36. The number of nitrogens with zero attached hydrogens (tertiary/aromatic N) is 1. The fraction of sp³-hybridized carbons (Fsp3) is 0.875. The van der Waals surface area contributed by atoms with E-state index in [2.05, 4.69) is 0 Å². The molecule has 0 saturated carbocycles. The molecule has 0 aromatic carbocycles. The Balaban J connectivity index is 2.68. The lowest BCUT2D eigenvalue weighted by atomic mass is 10.2. The summed E-state index contributed by atoms with van der Waals surface area (Å²) >= 11 is -3.45. The zero-order valence-electron chi connectivity index (χ0n) is 9.26. The Bertz CT molecular complexity index is 262. The van der Waals surface area contributed by atoms with Gasteiger partial charge >= 0.3 is 6.09 Å². The number of hydrogen-bond donors (Lipinski definition) is 2. The molecule has 0 spiro atoms. The molecule has 90 valence electrons. The molecular formula is C8H17NO5S. The molecule has 0 bridgehead atoms. The number of carbonyl (C=O) groups is 1. The minimum absolute atomic E-state index is 0.122. The first kappa shape index (κ1) is 12.6. The number of rotatable bonds is 0. The van der Waals surface area contributed by atoms with Gasteiger partial charge in [0.1, 0.15) is 5.60 Å². The molecule has 2 N–H and O–H groups in total. The molecular weight excluding hydrogens is 222 g/mol. The molecule has 1 aliphatic rings. The van der Waals surface area contributed by atoms with Gasteiger partial charge in [0.15, 0.2) is 11.1 Å². The van der Waals surface area contributed by atoms with Crippen molar-refractivity contribution in [3.8, 4) is 0 Å². The van der Waals surface area contributed by atoms with Crippen LogP contribution >= 0.6 is 11.1 Å². The molecule has 0 aromatic heterocycles. The summed E-state index contributed by atoms with van der Waals surface area (Å²) in [5.74, 6) is 0. The standard InChI is InChI=1S/C8H17NO5S/c1-6-5-9(15(11,12)14-6)7(10)13-8(2,3)4/h6,11-12H,5H2,1-4H3. The van der Waals surface area contributed by atoms with Crippen LogP contribution in [0.3, 0.4) is 0 Å². The number of carbonyl (C=O) groups excluding carboxylic acids is 1. The van der Waals surface area contributed by atoms with Crippen molar-refractivity contribution in [2.45, 2.75) is 39.4 Å². The molecule has 0 aliphatic carbocycles. The van der Waals surface area contributed by atoms with Crippen LogP contribution in [0.1, 0.15) is 27.7 Å². The van der Waals surface area contributed by atoms with Crippen molar-refractivity contribution in [3.05, 3.63) is 0 Å². The summed E-state index contributed by atoms with van der Waals surface area (Å²) in [5.41, 5.74) is -0.668. The monoisotopic (exact) mass is 239 g/mol. The topological polar surface area (TPSA) is 79.2 Å². The molecule has 15 heavy (non-hydrogen) atoms. The normalized spacial score (nSPS) is 27.6. The first-order chi connectivity index (χ1) is 6.62. The van der Waals surface area contributed by atoms with Crippen LogP contribution in [0.15, 0.2) is 0 Å². The molecule has 6 nitrogen and oxygen atoms in total. The zero-order chi connectivity index (χ0) is 11.9. The van der Waals surface area contributed by atoms with Crippen molar-refractivity contribution in [1.82, 2.24) is 4.31 Å². The van der Waals surface area contributed by atoms with Gasteiger partial charge in [-0.1, -0.05) is 0 Å². The summed E-state index contributed by atoms with van der Waals surface area (Å²) in [5, 5.41) is 0. The van der Waals surface area contributed by atoms with E-state index in [4.69, 9.17) is 8.92 Å². The van der Waals surface area contributed by atoms with Gasteiger partial charge in [-0.2, -0.15) is 0 Å². The summed E-state index contributed by atoms with van der Waals surface area (Å²) < 4.78 is 29.5. The van der Waals surface area contributed by atoms with Gasteiger partial charge in [-0.25, -0.2) is 9.10 Å². The first-order valence-electron chi connectivity index (χ1n) is 4.59. The quantitative estimate of drug-likeness (QED) is 0.677.